The minimum Gasteiger partial charge on any atom is -0.472 e. The molecule has 0 unspecified atom stereocenters. The summed E-state index contributed by atoms with van der Waals surface area (Å²) in [6.07, 6.45) is -2.27. The largest absolute Gasteiger partial charge is 0.472 e. The lowest BCUT2D eigenvalue weighted by Crippen LogP contribution is -2.82. The summed E-state index contributed by atoms with van der Waals surface area (Å²) >= 11 is 0. The van der Waals surface area contributed by atoms with Crippen molar-refractivity contribution in [2.24, 2.45) is 33.5 Å². The first-order valence-electron chi connectivity index (χ1n) is 14.5. The average molecular weight is 575 g/mol. The lowest BCUT2D eigenvalue weighted by molar-refractivity contribution is -0.373. The number of rotatable bonds is 3. The number of fused-ring (bicyclic) bond motifs is 1. The van der Waals surface area contributed by atoms with E-state index < -0.39 is 87.5 Å². The molecule has 4 saturated carbocycles. The van der Waals surface area contributed by atoms with Crippen LogP contribution in [0, 0.1) is 33.5 Å². The van der Waals surface area contributed by atoms with Crippen LogP contribution >= 0.6 is 0 Å². The third-order valence-corrected chi connectivity index (χ3v) is 12.6. The van der Waals surface area contributed by atoms with Gasteiger partial charge in [-0.2, -0.15) is 0 Å². The molecule has 7 rings (SSSR count). The summed E-state index contributed by atoms with van der Waals surface area (Å²) < 4.78 is 29.5. The number of hydrogen-bond donors (Lipinski definition) is 3. The normalized spacial score (nSPS) is 54.7. The van der Waals surface area contributed by atoms with Crippen LogP contribution in [0.4, 0.5) is 0 Å². The number of furan rings is 1. The van der Waals surface area contributed by atoms with Gasteiger partial charge in [-0.05, 0) is 30.4 Å². The van der Waals surface area contributed by atoms with Crippen molar-refractivity contribution in [1.29, 1.82) is 0 Å². The van der Waals surface area contributed by atoms with Crippen molar-refractivity contribution in [3.05, 3.63) is 24.2 Å². The second-order valence-electron chi connectivity index (χ2n) is 13.9. The van der Waals surface area contributed by atoms with Gasteiger partial charge in [0.15, 0.2) is 18.2 Å². The molecular formula is C30H38O11. The van der Waals surface area contributed by atoms with E-state index in [0.717, 1.165) is 5.56 Å². The Hall–Kier alpha value is -2.31. The molecule has 6 fully saturated rings. The topological polar surface area (TPSA) is 165 Å². The standard InChI is InChI=1S/C30H38O11/c1-13(31)39-20-10-19(34)29-12-38-25(36)26(20,3)17(29)9-18(33)28(5)23(29)22(35)24(40-14(2)32)27(4)16(15-6-7-37-11-15)8-21-30(27,28)41-21/h6-7,11,16-21,23-25,33-34,36H,8-10,12H2,1-5H3/t16-,17+,18+,19-,20+,21+,23-,24-,25-,26+,27+,28+,29+,30+/m0/s1. The Kier molecular flexibility index (Phi) is 5.50. The van der Waals surface area contributed by atoms with Crippen molar-refractivity contribution in [2.75, 3.05) is 6.61 Å². The number of esters is 2. The first-order valence-corrected chi connectivity index (χ1v) is 14.5. The second kappa shape index (κ2) is 8.19. The minimum atomic E-state index is -1.36. The molecule has 1 spiro atoms. The third kappa shape index (κ3) is 2.85. The number of ketones is 1. The zero-order valence-electron chi connectivity index (χ0n) is 23.9. The average Bonchev–Trinajstić information content (AvgIpc) is 3.26. The van der Waals surface area contributed by atoms with Gasteiger partial charge in [-0.25, -0.2) is 0 Å². The minimum absolute atomic E-state index is 0.0205. The van der Waals surface area contributed by atoms with E-state index in [-0.39, 0.29) is 31.5 Å². The number of Topliss-reactive ketones (excluding diaryl/α,β-unsaturated/α-hetero) is 1. The number of hydrogen-bond acceptors (Lipinski definition) is 11. The number of ether oxygens (including phenoxy) is 4. The van der Waals surface area contributed by atoms with Crippen molar-refractivity contribution in [3.63, 3.8) is 0 Å². The molecule has 0 radical (unpaired) electrons. The summed E-state index contributed by atoms with van der Waals surface area (Å²) in [6, 6.07) is 1.84. The molecule has 14 atom stereocenters. The highest BCUT2D eigenvalue weighted by molar-refractivity contribution is 5.93. The quantitative estimate of drug-likeness (QED) is 0.354. The van der Waals surface area contributed by atoms with Crippen molar-refractivity contribution < 1.29 is 53.1 Å². The lowest BCUT2D eigenvalue weighted by Gasteiger charge is -2.73. The van der Waals surface area contributed by atoms with E-state index in [1.807, 2.05) is 19.9 Å². The summed E-state index contributed by atoms with van der Waals surface area (Å²) in [6.45, 7) is 7.85. The highest BCUT2D eigenvalue weighted by Crippen LogP contribution is 2.82. The molecule has 41 heavy (non-hydrogen) atoms. The highest BCUT2D eigenvalue weighted by atomic mass is 16.6. The Morgan fingerprint density at radius 2 is 1.68 bits per heavy atom. The predicted molar refractivity (Wildman–Crippen MR) is 137 cm³/mol. The van der Waals surface area contributed by atoms with Gasteiger partial charge in [-0.15, -0.1) is 0 Å². The van der Waals surface area contributed by atoms with Crippen LogP contribution in [0.15, 0.2) is 23.0 Å². The maximum absolute atomic E-state index is 15.0. The van der Waals surface area contributed by atoms with Crippen LogP contribution in [0.5, 0.6) is 0 Å². The number of carbonyl (C=O) groups is 3. The molecule has 1 aromatic rings. The highest BCUT2D eigenvalue weighted by Gasteiger charge is 2.92. The number of carbonyl (C=O) groups excluding carboxylic acids is 3. The third-order valence-electron chi connectivity index (χ3n) is 12.6. The van der Waals surface area contributed by atoms with Crippen LogP contribution in [-0.4, -0.2) is 82.1 Å². The molecule has 2 aliphatic heterocycles. The molecule has 6 aliphatic rings. The Balaban J connectivity index is 1.44. The lowest BCUT2D eigenvalue weighted by atomic mass is 9.33. The molecule has 0 aromatic carbocycles. The Morgan fingerprint density at radius 3 is 2.32 bits per heavy atom. The van der Waals surface area contributed by atoms with Crippen molar-refractivity contribution in [1.82, 2.24) is 0 Å². The summed E-state index contributed by atoms with van der Waals surface area (Å²) in [7, 11) is 0. The first-order chi connectivity index (χ1) is 19.2. The van der Waals surface area contributed by atoms with Gasteiger partial charge in [0.25, 0.3) is 0 Å². The molecule has 224 valence electrons. The van der Waals surface area contributed by atoms with Gasteiger partial charge >= 0.3 is 11.9 Å². The summed E-state index contributed by atoms with van der Waals surface area (Å²) in [5.74, 6) is -3.56. The Labute approximate surface area is 237 Å². The first kappa shape index (κ1) is 27.5. The van der Waals surface area contributed by atoms with Crippen LogP contribution in [0.25, 0.3) is 0 Å². The second-order valence-corrected chi connectivity index (χ2v) is 13.9. The van der Waals surface area contributed by atoms with E-state index >= 15 is 4.79 Å². The zero-order chi connectivity index (χ0) is 29.5. The predicted octanol–water partition coefficient (Wildman–Crippen LogP) is 1.47. The molecule has 3 N–H and O–H groups in total. The summed E-state index contributed by atoms with van der Waals surface area (Å²) in [5, 5.41) is 35.4. The fourth-order valence-electron chi connectivity index (χ4n) is 11.0. The van der Waals surface area contributed by atoms with E-state index in [0.29, 0.717) is 6.42 Å². The van der Waals surface area contributed by atoms with Gasteiger partial charge in [0.2, 0.25) is 0 Å². The van der Waals surface area contributed by atoms with E-state index in [1.54, 1.807) is 19.5 Å². The molecule has 11 heteroatoms. The van der Waals surface area contributed by atoms with Crippen LogP contribution in [-0.2, 0) is 33.3 Å². The van der Waals surface area contributed by atoms with Gasteiger partial charge in [-0.1, -0.05) is 20.8 Å². The van der Waals surface area contributed by atoms with Crippen LogP contribution < -0.4 is 0 Å². The van der Waals surface area contributed by atoms with Gasteiger partial charge in [-0.3, -0.25) is 14.4 Å². The number of aliphatic hydroxyl groups is 3. The van der Waals surface area contributed by atoms with E-state index in [2.05, 4.69) is 0 Å². The van der Waals surface area contributed by atoms with Crippen molar-refractivity contribution in [3.8, 4) is 0 Å². The smallest absolute Gasteiger partial charge is 0.303 e. The van der Waals surface area contributed by atoms with Crippen molar-refractivity contribution in [2.45, 2.75) is 102 Å². The van der Waals surface area contributed by atoms with E-state index in [4.69, 9.17) is 23.4 Å². The van der Waals surface area contributed by atoms with Crippen LogP contribution in [0.2, 0.25) is 0 Å². The Bertz CT molecular complexity index is 1310. The van der Waals surface area contributed by atoms with Gasteiger partial charge in [0, 0.05) is 42.9 Å². The van der Waals surface area contributed by atoms with E-state index in [1.165, 1.54) is 13.8 Å². The number of aliphatic hydroxyl groups excluding tert-OH is 3. The monoisotopic (exact) mass is 574 g/mol. The molecule has 2 bridgehead atoms. The van der Waals surface area contributed by atoms with Crippen LogP contribution in [0.3, 0.4) is 0 Å². The Morgan fingerprint density at radius 1 is 0.976 bits per heavy atom. The fourth-order valence-corrected chi connectivity index (χ4v) is 11.0. The van der Waals surface area contributed by atoms with Crippen LogP contribution in [0.1, 0.15) is 65.4 Å². The SMILES string of the molecule is CC(=O)O[C@@H]1C[C@H](O)[C@@]23CO[C@H](O)[C@]1(C)[C@H]2C[C@@H](O)[C@]1(C)[C@@H]3C(=O)[C@H](OC(C)=O)[C@@]2(C)[C@H](c3ccoc3)C[C@H]3O[C@]321. The number of epoxide rings is 1. The summed E-state index contributed by atoms with van der Waals surface area (Å²) in [4.78, 5) is 39.7. The van der Waals surface area contributed by atoms with Crippen molar-refractivity contribution >= 4 is 17.7 Å². The molecule has 4 aliphatic carbocycles. The molecule has 3 heterocycles. The fraction of sp³-hybridized carbons (Fsp3) is 0.767. The molecule has 2 saturated heterocycles. The maximum atomic E-state index is 15.0. The van der Waals surface area contributed by atoms with Gasteiger partial charge < -0.3 is 38.7 Å². The van der Waals surface area contributed by atoms with Gasteiger partial charge in [0.05, 0.1) is 48.3 Å². The molecule has 11 nitrogen and oxygen atoms in total. The molecule has 1 aromatic heterocycles. The molecule has 0 amide bonds. The van der Waals surface area contributed by atoms with E-state index in [9.17, 15) is 24.9 Å². The molecular weight excluding hydrogens is 536 g/mol. The maximum Gasteiger partial charge on any atom is 0.303 e. The van der Waals surface area contributed by atoms with Gasteiger partial charge in [0.1, 0.15) is 11.7 Å². The summed E-state index contributed by atoms with van der Waals surface area (Å²) in [5.41, 5.74) is -4.93. The zero-order valence-corrected chi connectivity index (χ0v) is 23.9.